The van der Waals surface area contributed by atoms with E-state index in [-0.39, 0.29) is 17.8 Å². The van der Waals surface area contributed by atoms with E-state index in [0.717, 1.165) is 17.7 Å². The molecule has 0 radical (unpaired) electrons. The van der Waals surface area contributed by atoms with Crippen LogP contribution >= 0.6 is 23.2 Å². The molecular formula is C16H16Cl2N2O3. The van der Waals surface area contributed by atoms with E-state index in [2.05, 4.69) is 5.16 Å². The van der Waals surface area contributed by atoms with Crippen LogP contribution in [0.2, 0.25) is 10.0 Å². The molecule has 1 aliphatic heterocycles. The molecule has 5 nitrogen and oxygen atoms in total. The number of nitrogens with zero attached hydrogens (tertiary/aromatic N) is 2. The summed E-state index contributed by atoms with van der Waals surface area (Å²) < 4.78 is 10.9. The highest BCUT2D eigenvalue weighted by molar-refractivity contribution is 6.42. The Bertz CT molecular complexity index is 717. The van der Waals surface area contributed by atoms with Crippen LogP contribution in [-0.4, -0.2) is 35.7 Å². The zero-order chi connectivity index (χ0) is 16.4. The third-order valence-corrected chi connectivity index (χ3v) is 4.54. The first kappa shape index (κ1) is 16.3. The maximum atomic E-state index is 12.5. The summed E-state index contributed by atoms with van der Waals surface area (Å²) in [6.45, 7) is 3.35. The molecule has 0 bridgehead atoms. The van der Waals surface area contributed by atoms with E-state index >= 15 is 0 Å². The molecule has 0 saturated carbocycles. The molecule has 1 saturated heterocycles. The summed E-state index contributed by atoms with van der Waals surface area (Å²) in [5, 5.41) is 4.83. The first-order valence-electron chi connectivity index (χ1n) is 7.40. The van der Waals surface area contributed by atoms with Crippen molar-refractivity contribution in [1.82, 2.24) is 10.1 Å². The Morgan fingerprint density at radius 2 is 2.17 bits per heavy atom. The van der Waals surface area contributed by atoms with Gasteiger partial charge in [0.2, 0.25) is 5.76 Å². The zero-order valence-electron chi connectivity index (χ0n) is 12.6. The number of amides is 1. The Morgan fingerprint density at radius 3 is 2.87 bits per heavy atom. The second-order valence-corrected chi connectivity index (χ2v) is 6.13. The number of ether oxygens (including phenoxy) is 1. The second kappa shape index (κ2) is 6.91. The number of carbonyl (C=O) groups excluding carboxylic acids is 1. The van der Waals surface area contributed by atoms with Gasteiger partial charge in [0.25, 0.3) is 5.91 Å². The van der Waals surface area contributed by atoms with Gasteiger partial charge in [-0.1, -0.05) is 41.3 Å². The average molecular weight is 355 g/mol. The first-order chi connectivity index (χ1) is 11.1. The van der Waals surface area contributed by atoms with Crippen LogP contribution in [0.3, 0.4) is 0 Å². The van der Waals surface area contributed by atoms with Crippen molar-refractivity contribution < 1.29 is 14.1 Å². The number of aryl methyl sites for hydroxylation is 1. The highest BCUT2D eigenvalue weighted by Gasteiger charge is 2.28. The molecule has 1 aromatic heterocycles. The molecule has 1 aliphatic rings. The first-order valence-corrected chi connectivity index (χ1v) is 8.15. The number of morpholine rings is 1. The minimum absolute atomic E-state index is 0.175. The van der Waals surface area contributed by atoms with E-state index in [9.17, 15) is 4.79 Å². The summed E-state index contributed by atoms with van der Waals surface area (Å²) in [6, 6.07) is 7.04. The normalized spacial score (nSPS) is 18.2. The molecule has 1 fully saturated rings. The van der Waals surface area contributed by atoms with Crippen LogP contribution in [0.5, 0.6) is 0 Å². The largest absolute Gasteiger partial charge is 0.370 e. The Balaban J connectivity index is 1.74. The van der Waals surface area contributed by atoms with Gasteiger partial charge in [0.1, 0.15) is 6.10 Å². The van der Waals surface area contributed by atoms with Gasteiger partial charge in [-0.25, -0.2) is 0 Å². The molecule has 0 unspecified atom stereocenters. The summed E-state index contributed by atoms with van der Waals surface area (Å²) in [4.78, 5) is 14.2. The number of benzene rings is 1. The second-order valence-electron chi connectivity index (χ2n) is 5.32. The SMILES string of the molecule is CCc1cc(C(=O)N2CCO[C@H](c3ccc(Cl)c(Cl)c3)C2)on1. The molecule has 1 amide bonds. The molecule has 0 aliphatic carbocycles. The van der Waals surface area contributed by atoms with Crippen molar-refractivity contribution in [2.24, 2.45) is 0 Å². The van der Waals surface area contributed by atoms with Gasteiger partial charge in [-0.05, 0) is 24.1 Å². The number of halogens is 2. The number of hydrogen-bond donors (Lipinski definition) is 0. The third-order valence-electron chi connectivity index (χ3n) is 3.80. The van der Waals surface area contributed by atoms with Crippen molar-refractivity contribution in [3.05, 3.63) is 51.3 Å². The van der Waals surface area contributed by atoms with Crippen molar-refractivity contribution in [2.75, 3.05) is 19.7 Å². The standard InChI is InChI=1S/C16H16Cl2N2O3/c1-2-11-8-14(23-19-11)16(21)20-5-6-22-15(9-20)10-3-4-12(17)13(18)7-10/h3-4,7-8,15H,2,5-6,9H2,1H3/t15-/m0/s1. The lowest BCUT2D eigenvalue weighted by atomic mass is 10.1. The van der Waals surface area contributed by atoms with E-state index < -0.39 is 0 Å². The quantitative estimate of drug-likeness (QED) is 0.841. The van der Waals surface area contributed by atoms with Gasteiger partial charge in [-0.15, -0.1) is 0 Å². The predicted molar refractivity (Wildman–Crippen MR) is 86.9 cm³/mol. The monoisotopic (exact) mass is 354 g/mol. The van der Waals surface area contributed by atoms with Gasteiger partial charge in [-0.3, -0.25) is 4.79 Å². The number of rotatable bonds is 3. The molecule has 2 aromatic rings. The third kappa shape index (κ3) is 3.52. The highest BCUT2D eigenvalue weighted by Crippen LogP contribution is 2.29. The minimum atomic E-state index is -0.240. The van der Waals surface area contributed by atoms with Crippen LogP contribution in [0, 0.1) is 0 Å². The van der Waals surface area contributed by atoms with Crippen molar-refractivity contribution in [2.45, 2.75) is 19.4 Å². The van der Waals surface area contributed by atoms with Crippen LogP contribution in [0.15, 0.2) is 28.8 Å². The van der Waals surface area contributed by atoms with Crippen molar-refractivity contribution in [1.29, 1.82) is 0 Å². The molecule has 23 heavy (non-hydrogen) atoms. The smallest absolute Gasteiger partial charge is 0.292 e. The van der Waals surface area contributed by atoms with E-state index in [1.54, 1.807) is 23.1 Å². The molecule has 1 aromatic carbocycles. The molecule has 7 heteroatoms. The van der Waals surface area contributed by atoms with E-state index in [1.165, 1.54) is 0 Å². The van der Waals surface area contributed by atoms with Crippen LogP contribution < -0.4 is 0 Å². The van der Waals surface area contributed by atoms with Crippen LogP contribution in [-0.2, 0) is 11.2 Å². The topological polar surface area (TPSA) is 55.6 Å². The molecule has 0 N–H and O–H groups in total. The lowest BCUT2D eigenvalue weighted by Gasteiger charge is -2.32. The lowest BCUT2D eigenvalue weighted by Crippen LogP contribution is -2.42. The van der Waals surface area contributed by atoms with E-state index in [4.69, 9.17) is 32.5 Å². The van der Waals surface area contributed by atoms with Crippen molar-refractivity contribution >= 4 is 29.1 Å². The summed E-state index contributed by atoms with van der Waals surface area (Å²) in [6.07, 6.45) is 0.488. The zero-order valence-corrected chi connectivity index (χ0v) is 14.1. The van der Waals surface area contributed by atoms with Crippen molar-refractivity contribution in [3.63, 3.8) is 0 Å². The van der Waals surface area contributed by atoms with Gasteiger partial charge in [0.05, 0.1) is 28.9 Å². The molecular weight excluding hydrogens is 339 g/mol. The molecule has 1 atom stereocenters. The fraction of sp³-hybridized carbons (Fsp3) is 0.375. The maximum Gasteiger partial charge on any atom is 0.292 e. The van der Waals surface area contributed by atoms with Crippen molar-refractivity contribution in [3.8, 4) is 0 Å². The Hall–Kier alpha value is -1.56. The number of hydrogen-bond acceptors (Lipinski definition) is 4. The van der Waals surface area contributed by atoms with Crippen LogP contribution in [0.4, 0.5) is 0 Å². The predicted octanol–water partition coefficient (Wildman–Crippen LogP) is 3.76. The van der Waals surface area contributed by atoms with Gasteiger partial charge < -0.3 is 14.2 Å². The molecule has 3 rings (SSSR count). The van der Waals surface area contributed by atoms with E-state index in [1.807, 2.05) is 13.0 Å². The molecule has 0 spiro atoms. The Kier molecular flexibility index (Phi) is 4.90. The maximum absolute atomic E-state index is 12.5. The minimum Gasteiger partial charge on any atom is -0.370 e. The number of aromatic nitrogens is 1. The van der Waals surface area contributed by atoms with Gasteiger partial charge in [0.15, 0.2) is 0 Å². The van der Waals surface area contributed by atoms with Gasteiger partial charge >= 0.3 is 0 Å². The summed E-state index contributed by atoms with van der Waals surface area (Å²) >= 11 is 12.0. The molecule has 122 valence electrons. The lowest BCUT2D eigenvalue weighted by molar-refractivity contribution is -0.0240. The average Bonchev–Trinajstić information content (AvgIpc) is 3.06. The van der Waals surface area contributed by atoms with Gasteiger partial charge in [-0.2, -0.15) is 0 Å². The van der Waals surface area contributed by atoms with Gasteiger partial charge in [0, 0.05) is 12.6 Å². The fourth-order valence-electron chi connectivity index (χ4n) is 2.48. The van der Waals surface area contributed by atoms with Crippen LogP contribution in [0.25, 0.3) is 0 Å². The number of carbonyl (C=O) groups is 1. The highest BCUT2D eigenvalue weighted by atomic mass is 35.5. The van der Waals surface area contributed by atoms with E-state index in [0.29, 0.717) is 29.7 Å². The fourth-order valence-corrected chi connectivity index (χ4v) is 2.79. The summed E-state index contributed by atoms with van der Waals surface area (Å²) in [7, 11) is 0. The summed E-state index contributed by atoms with van der Waals surface area (Å²) in [5.74, 6) is 0.0854. The Morgan fingerprint density at radius 1 is 1.35 bits per heavy atom. The Labute approximate surface area is 144 Å². The van der Waals surface area contributed by atoms with Crippen LogP contribution in [0.1, 0.15) is 34.8 Å². The summed E-state index contributed by atoms with van der Waals surface area (Å²) in [5.41, 5.74) is 1.66. The molecule has 2 heterocycles.